The number of hydrogen-bond donors (Lipinski definition) is 1. The van der Waals surface area contributed by atoms with Gasteiger partial charge in [-0.05, 0) is 24.1 Å². The minimum absolute atomic E-state index is 0.00716. The number of fused-ring (bicyclic) bond motifs is 1. The first kappa shape index (κ1) is 14.1. The summed E-state index contributed by atoms with van der Waals surface area (Å²) in [6.07, 6.45) is 1.16. The molecule has 1 N–H and O–H groups in total. The Balaban J connectivity index is 1.58. The van der Waals surface area contributed by atoms with Crippen molar-refractivity contribution < 1.29 is 9.59 Å². The van der Waals surface area contributed by atoms with Crippen molar-refractivity contribution in [1.29, 1.82) is 0 Å². The lowest BCUT2D eigenvalue weighted by molar-refractivity contribution is -0.127. The zero-order valence-electron chi connectivity index (χ0n) is 11.8. The van der Waals surface area contributed by atoms with E-state index in [-0.39, 0.29) is 23.5 Å². The topological polar surface area (TPSA) is 61.8 Å². The molecule has 1 saturated heterocycles. The number of nitrogens with one attached hydrogen (secondary N) is 1. The van der Waals surface area contributed by atoms with Crippen LogP contribution in [-0.4, -0.2) is 40.2 Å². The molecular formula is C15H17N3O2S. The SMILES string of the molecule is CCc1ccc(NC(=O)C[C@H]2SC3=NCCN3C2=O)cc1. The van der Waals surface area contributed by atoms with Crippen molar-refractivity contribution in [2.24, 2.45) is 4.99 Å². The first-order valence-corrected chi connectivity index (χ1v) is 7.96. The molecule has 110 valence electrons. The molecule has 6 heteroatoms. The number of anilines is 1. The first-order chi connectivity index (χ1) is 10.2. The lowest BCUT2D eigenvalue weighted by atomic mass is 10.1. The molecule has 2 aliphatic heterocycles. The predicted octanol–water partition coefficient (Wildman–Crippen LogP) is 1.89. The third-order valence-corrected chi connectivity index (χ3v) is 4.82. The molecule has 0 spiro atoms. The average molecular weight is 303 g/mol. The monoisotopic (exact) mass is 303 g/mol. The molecular weight excluding hydrogens is 286 g/mol. The Kier molecular flexibility index (Phi) is 3.96. The number of hydrogen-bond acceptors (Lipinski definition) is 4. The highest BCUT2D eigenvalue weighted by molar-refractivity contribution is 8.15. The van der Waals surface area contributed by atoms with E-state index in [0.29, 0.717) is 13.1 Å². The number of amides is 2. The van der Waals surface area contributed by atoms with E-state index in [0.717, 1.165) is 17.3 Å². The number of carbonyl (C=O) groups is 2. The van der Waals surface area contributed by atoms with Crippen LogP contribution in [0.25, 0.3) is 0 Å². The maximum absolute atomic E-state index is 12.1. The van der Waals surface area contributed by atoms with Gasteiger partial charge < -0.3 is 5.32 Å². The Bertz CT molecular complexity index is 597. The Morgan fingerprint density at radius 3 is 2.86 bits per heavy atom. The summed E-state index contributed by atoms with van der Waals surface area (Å²) in [5, 5.41) is 3.28. The van der Waals surface area contributed by atoms with Gasteiger partial charge in [-0.25, -0.2) is 0 Å². The van der Waals surface area contributed by atoms with E-state index in [4.69, 9.17) is 0 Å². The highest BCUT2D eigenvalue weighted by atomic mass is 32.2. The third kappa shape index (κ3) is 2.95. The first-order valence-electron chi connectivity index (χ1n) is 7.08. The normalized spacial score (nSPS) is 20.4. The number of rotatable bonds is 4. The average Bonchev–Trinajstić information content (AvgIpc) is 3.04. The maximum Gasteiger partial charge on any atom is 0.242 e. The van der Waals surface area contributed by atoms with Crippen LogP contribution in [0.3, 0.4) is 0 Å². The van der Waals surface area contributed by atoms with Crippen LogP contribution >= 0.6 is 11.8 Å². The van der Waals surface area contributed by atoms with Gasteiger partial charge >= 0.3 is 0 Å². The Morgan fingerprint density at radius 2 is 2.19 bits per heavy atom. The van der Waals surface area contributed by atoms with Crippen molar-refractivity contribution in [2.75, 3.05) is 18.4 Å². The largest absolute Gasteiger partial charge is 0.326 e. The van der Waals surface area contributed by atoms with Crippen molar-refractivity contribution in [2.45, 2.75) is 25.0 Å². The van der Waals surface area contributed by atoms with Crippen molar-refractivity contribution in [3.8, 4) is 0 Å². The van der Waals surface area contributed by atoms with Crippen LogP contribution in [0.4, 0.5) is 5.69 Å². The van der Waals surface area contributed by atoms with Crippen LogP contribution in [-0.2, 0) is 16.0 Å². The van der Waals surface area contributed by atoms with E-state index in [1.165, 1.54) is 17.3 Å². The van der Waals surface area contributed by atoms with Gasteiger partial charge in [0.1, 0.15) is 5.25 Å². The fourth-order valence-electron chi connectivity index (χ4n) is 2.42. The highest BCUT2D eigenvalue weighted by Gasteiger charge is 2.40. The van der Waals surface area contributed by atoms with Crippen LogP contribution in [0.5, 0.6) is 0 Å². The fourth-order valence-corrected chi connectivity index (χ4v) is 3.61. The number of aliphatic imine (C=N–C) groups is 1. The number of benzene rings is 1. The standard InChI is InChI=1S/C15H17N3O2S/c1-2-10-3-5-11(6-4-10)17-13(19)9-12-14(20)18-8-7-16-15(18)21-12/h3-6,12H,2,7-9H2,1H3,(H,17,19)/t12-/m1/s1. The lowest BCUT2D eigenvalue weighted by Crippen LogP contribution is -2.32. The third-order valence-electron chi connectivity index (χ3n) is 3.61. The molecule has 0 aromatic heterocycles. The van der Waals surface area contributed by atoms with Crippen LogP contribution in [0, 0.1) is 0 Å². The molecule has 0 unspecified atom stereocenters. The zero-order valence-corrected chi connectivity index (χ0v) is 12.7. The van der Waals surface area contributed by atoms with Gasteiger partial charge in [0.2, 0.25) is 11.8 Å². The molecule has 21 heavy (non-hydrogen) atoms. The van der Waals surface area contributed by atoms with Crippen LogP contribution < -0.4 is 5.32 Å². The zero-order chi connectivity index (χ0) is 14.8. The summed E-state index contributed by atoms with van der Waals surface area (Å²) in [7, 11) is 0. The van der Waals surface area contributed by atoms with Crippen molar-refractivity contribution >= 4 is 34.4 Å². The second kappa shape index (κ2) is 5.89. The quantitative estimate of drug-likeness (QED) is 0.924. The van der Waals surface area contributed by atoms with E-state index in [9.17, 15) is 9.59 Å². The molecule has 2 heterocycles. The van der Waals surface area contributed by atoms with Gasteiger partial charge in [0.25, 0.3) is 0 Å². The summed E-state index contributed by atoms with van der Waals surface area (Å²) in [5.41, 5.74) is 2.00. The minimum Gasteiger partial charge on any atom is -0.326 e. The van der Waals surface area contributed by atoms with E-state index < -0.39 is 0 Å². The molecule has 1 aromatic carbocycles. The summed E-state index contributed by atoms with van der Waals surface area (Å²) in [5.74, 6) is -0.125. The Labute approximate surface area is 127 Å². The second-order valence-electron chi connectivity index (χ2n) is 5.06. The second-order valence-corrected chi connectivity index (χ2v) is 6.23. The highest BCUT2D eigenvalue weighted by Crippen LogP contribution is 2.31. The van der Waals surface area contributed by atoms with Crippen LogP contribution in [0.15, 0.2) is 29.3 Å². The maximum atomic E-state index is 12.1. The lowest BCUT2D eigenvalue weighted by Gasteiger charge is -2.10. The van der Waals surface area contributed by atoms with Gasteiger partial charge in [-0.15, -0.1) is 0 Å². The molecule has 3 rings (SSSR count). The summed E-state index contributed by atoms with van der Waals surface area (Å²) in [6.45, 7) is 3.42. The van der Waals surface area contributed by atoms with Gasteiger partial charge in [0.05, 0.1) is 6.54 Å². The molecule has 0 aliphatic carbocycles. The number of carbonyl (C=O) groups excluding carboxylic acids is 2. The number of thioether (sulfide) groups is 1. The summed E-state index contributed by atoms with van der Waals surface area (Å²) < 4.78 is 0. The number of aryl methyl sites for hydroxylation is 1. The van der Waals surface area contributed by atoms with E-state index >= 15 is 0 Å². The summed E-state index contributed by atoms with van der Waals surface area (Å²) >= 11 is 1.40. The van der Waals surface area contributed by atoms with Crippen molar-refractivity contribution in [3.63, 3.8) is 0 Å². The molecule has 1 atom stereocenters. The van der Waals surface area contributed by atoms with Crippen molar-refractivity contribution in [1.82, 2.24) is 4.90 Å². The van der Waals surface area contributed by atoms with Gasteiger partial charge in [-0.1, -0.05) is 30.8 Å². The summed E-state index contributed by atoms with van der Waals surface area (Å²) in [4.78, 5) is 30.1. The predicted molar refractivity (Wildman–Crippen MR) is 84.5 cm³/mol. The molecule has 5 nitrogen and oxygen atoms in total. The Morgan fingerprint density at radius 1 is 1.43 bits per heavy atom. The molecule has 1 fully saturated rings. The van der Waals surface area contributed by atoms with E-state index in [2.05, 4.69) is 17.2 Å². The molecule has 0 bridgehead atoms. The molecule has 0 radical (unpaired) electrons. The van der Waals surface area contributed by atoms with Gasteiger partial charge in [-0.2, -0.15) is 0 Å². The minimum atomic E-state index is -0.334. The van der Waals surface area contributed by atoms with Crippen LogP contribution in [0.2, 0.25) is 0 Å². The number of nitrogens with zero attached hydrogens (tertiary/aromatic N) is 2. The van der Waals surface area contributed by atoms with E-state index in [1.54, 1.807) is 4.90 Å². The molecule has 2 amide bonds. The van der Waals surface area contributed by atoms with Crippen LogP contribution in [0.1, 0.15) is 18.9 Å². The molecule has 2 aliphatic rings. The van der Waals surface area contributed by atoms with Gasteiger partial charge in [-0.3, -0.25) is 19.5 Å². The Hall–Kier alpha value is -1.82. The van der Waals surface area contributed by atoms with E-state index in [1.807, 2.05) is 24.3 Å². The smallest absolute Gasteiger partial charge is 0.242 e. The van der Waals surface area contributed by atoms with Crippen molar-refractivity contribution in [3.05, 3.63) is 29.8 Å². The van der Waals surface area contributed by atoms with Gasteiger partial charge in [0.15, 0.2) is 5.17 Å². The van der Waals surface area contributed by atoms with Gasteiger partial charge in [0, 0.05) is 18.7 Å². The molecule has 0 saturated carbocycles. The summed E-state index contributed by atoms with van der Waals surface area (Å²) in [6, 6.07) is 7.77. The fraction of sp³-hybridized carbons (Fsp3) is 0.400. The number of amidine groups is 1. The molecule has 1 aromatic rings.